The van der Waals surface area contributed by atoms with E-state index >= 15 is 0 Å². The van der Waals surface area contributed by atoms with Gasteiger partial charge in [-0.15, -0.1) is 0 Å². The predicted octanol–water partition coefficient (Wildman–Crippen LogP) is 9.06. The van der Waals surface area contributed by atoms with E-state index < -0.39 is 30.5 Å². The van der Waals surface area contributed by atoms with Gasteiger partial charge in [0.15, 0.2) is 18.3 Å². The van der Waals surface area contributed by atoms with Crippen LogP contribution < -0.4 is 11.1 Å². The Morgan fingerprint density at radius 1 is 1.13 bits per heavy atom. The average Bonchev–Trinajstić information content (AvgIpc) is 3.43. The van der Waals surface area contributed by atoms with Crippen molar-refractivity contribution >= 4 is 11.9 Å². The largest absolute Gasteiger partial charge is 0.480 e. The first-order chi connectivity index (χ1) is 26.2. The van der Waals surface area contributed by atoms with Gasteiger partial charge >= 0.3 is 12.1 Å². The molecule has 1 aromatic heterocycles. The minimum atomic E-state index is -4.50. The van der Waals surface area contributed by atoms with Gasteiger partial charge in [-0.25, -0.2) is 0 Å². The lowest BCUT2D eigenvalue weighted by molar-refractivity contribution is -0.236. The highest BCUT2D eigenvalue weighted by atomic mass is 19.4. The van der Waals surface area contributed by atoms with Crippen molar-refractivity contribution in [2.45, 2.75) is 125 Å². The summed E-state index contributed by atoms with van der Waals surface area (Å²) >= 11 is 0. The number of likely N-dealkylation sites (N-methyl/N-ethyl adjacent to an activating group) is 1. The number of piperidine rings is 1. The first kappa shape index (κ1) is 50.9. The van der Waals surface area contributed by atoms with Crippen molar-refractivity contribution in [3.05, 3.63) is 90.6 Å². The number of carboxylic acid groups (broad SMARTS) is 1. The molecule has 0 bridgehead atoms. The smallest absolute Gasteiger partial charge is 0.415 e. The molecule has 13 heteroatoms. The summed E-state index contributed by atoms with van der Waals surface area (Å²) in [6.07, 6.45) is 16.1. The molecule has 10 nitrogen and oxygen atoms in total. The lowest BCUT2D eigenvalue weighted by Gasteiger charge is -2.43. The van der Waals surface area contributed by atoms with E-state index in [0.29, 0.717) is 31.9 Å². The van der Waals surface area contributed by atoms with Crippen LogP contribution >= 0.6 is 0 Å². The summed E-state index contributed by atoms with van der Waals surface area (Å²) in [4.78, 5) is 19.1. The Morgan fingerprint density at radius 2 is 1.78 bits per heavy atom. The number of hydrogen-bond donors (Lipinski definition) is 3. The van der Waals surface area contributed by atoms with Crippen molar-refractivity contribution in [2.75, 3.05) is 26.7 Å². The first-order valence-electron chi connectivity index (χ1n) is 19.6. The molecule has 4 rings (SSSR count). The fourth-order valence-corrected chi connectivity index (χ4v) is 5.94. The molecule has 2 fully saturated rings. The van der Waals surface area contributed by atoms with Gasteiger partial charge in [0.2, 0.25) is 0 Å². The Morgan fingerprint density at radius 3 is 2.25 bits per heavy atom. The second-order valence-electron chi connectivity index (χ2n) is 13.0. The van der Waals surface area contributed by atoms with E-state index in [0.717, 1.165) is 37.8 Å². The predicted molar refractivity (Wildman–Crippen MR) is 221 cm³/mol. The number of allylic oxidation sites excluding steroid dienone is 8. The third-order valence-corrected chi connectivity index (χ3v) is 8.95. The molecule has 3 atom stereocenters. The van der Waals surface area contributed by atoms with Crippen molar-refractivity contribution in [3.8, 4) is 0 Å². The highest BCUT2D eigenvalue weighted by molar-refractivity contribution is 5.80. The van der Waals surface area contributed by atoms with Gasteiger partial charge in [0.05, 0.1) is 5.69 Å². The second-order valence-corrected chi connectivity index (χ2v) is 13.0. The summed E-state index contributed by atoms with van der Waals surface area (Å²) in [6.45, 7) is 21.4. The van der Waals surface area contributed by atoms with Crippen molar-refractivity contribution in [1.29, 1.82) is 0 Å². The fraction of sp³-hybridized carbons (Fsp3) is 0.595. The number of hydrogen-bond acceptors (Lipinski definition) is 8. The number of likely N-dealkylation sites (tertiary alicyclic amines) is 1. The highest BCUT2D eigenvalue weighted by Gasteiger charge is 2.43. The number of nitrogens with zero attached hydrogens (tertiary/aromatic N) is 5. The molecule has 0 aliphatic carbocycles. The number of aromatic nitrogens is 2. The molecule has 2 unspecified atom stereocenters. The fourth-order valence-electron chi connectivity index (χ4n) is 5.94. The number of nitrogens with two attached hydrogens (primary N) is 1. The zero-order valence-electron chi connectivity index (χ0n) is 35.1. The number of carbonyl (C=O) groups is 1. The molecule has 0 saturated carbocycles. The van der Waals surface area contributed by atoms with Crippen molar-refractivity contribution < 1.29 is 27.8 Å². The van der Waals surface area contributed by atoms with Crippen LogP contribution in [0.3, 0.4) is 0 Å². The minimum absolute atomic E-state index is 0.0196. The lowest BCUT2D eigenvalue weighted by atomic mass is 9.75. The summed E-state index contributed by atoms with van der Waals surface area (Å²) in [6, 6.07) is 1.46. The Labute approximate surface area is 329 Å². The number of rotatable bonds is 10. The van der Waals surface area contributed by atoms with Crippen LogP contribution in [-0.2, 0) is 16.6 Å². The number of aliphatic imine (C=N–C) groups is 1. The molecule has 2 saturated heterocycles. The third-order valence-electron chi connectivity index (χ3n) is 8.95. The van der Waals surface area contributed by atoms with Gasteiger partial charge in [-0.05, 0) is 69.9 Å². The van der Waals surface area contributed by atoms with E-state index in [-0.39, 0.29) is 17.8 Å². The molecule has 55 heavy (non-hydrogen) atoms. The van der Waals surface area contributed by atoms with Crippen molar-refractivity contribution in [1.82, 2.24) is 24.9 Å². The number of guanidine groups is 1. The van der Waals surface area contributed by atoms with E-state index in [1.807, 2.05) is 77.9 Å². The number of alkyl halides is 3. The van der Waals surface area contributed by atoms with Crippen LogP contribution in [0.4, 0.5) is 13.2 Å². The van der Waals surface area contributed by atoms with Crippen LogP contribution in [0.15, 0.2) is 89.9 Å². The number of nitrogens with one attached hydrogen (secondary N) is 1. The van der Waals surface area contributed by atoms with Gasteiger partial charge < -0.3 is 30.7 Å². The molecule has 4 N–H and O–H groups in total. The van der Waals surface area contributed by atoms with Gasteiger partial charge in [-0.2, -0.15) is 23.3 Å². The SMILES string of the molecule is C/C=C\CC(OC1C=C(N2CCC3(CCC[C@@H](C(=O)O)NC3)CC2)N=C(N)N1C)C(F)(F)F.C=C/C=C(\C=C/C)/C=C/CC.CC.CC.Cc1ccn(C)n1. The van der Waals surface area contributed by atoms with Gasteiger partial charge in [0.1, 0.15) is 11.9 Å². The quantitative estimate of drug-likeness (QED) is 0.159. The van der Waals surface area contributed by atoms with E-state index in [1.165, 1.54) is 16.5 Å². The van der Waals surface area contributed by atoms with Crippen LogP contribution in [0.1, 0.15) is 99.1 Å². The van der Waals surface area contributed by atoms with Crippen molar-refractivity contribution in [3.63, 3.8) is 0 Å². The number of aryl methyl sites for hydroxylation is 2. The Hall–Kier alpha value is -4.10. The summed E-state index contributed by atoms with van der Waals surface area (Å²) in [5.41, 5.74) is 8.31. The second kappa shape index (κ2) is 27.5. The zero-order valence-corrected chi connectivity index (χ0v) is 35.1. The molecular weight excluding hydrogens is 708 g/mol. The molecule has 4 heterocycles. The minimum Gasteiger partial charge on any atom is -0.480 e. The molecule has 0 radical (unpaired) electrons. The van der Waals surface area contributed by atoms with E-state index in [9.17, 15) is 23.1 Å². The molecule has 1 spiro atoms. The van der Waals surface area contributed by atoms with Gasteiger partial charge in [-0.1, -0.05) is 96.2 Å². The topological polar surface area (TPSA) is 121 Å². The van der Waals surface area contributed by atoms with Crippen LogP contribution in [-0.4, -0.2) is 87.8 Å². The van der Waals surface area contributed by atoms with Crippen LogP contribution in [0.2, 0.25) is 0 Å². The number of halogens is 3. The summed E-state index contributed by atoms with van der Waals surface area (Å²) < 4.78 is 47.7. The Balaban J connectivity index is 0.00000108. The maximum atomic E-state index is 13.5. The van der Waals surface area contributed by atoms with Gasteiger partial charge in [0.25, 0.3) is 0 Å². The number of ether oxygens (including phenoxy) is 1. The van der Waals surface area contributed by atoms with Crippen molar-refractivity contribution in [2.24, 2.45) is 23.2 Å². The van der Waals surface area contributed by atoms with E-state index in [4.69, 9.17) is 10.5 Å². The molecule has 312 valence electrons. The molecule has 3 aliphatic rings. The highest BCUT2D eigenvalue weighted by Crippen LogP contribution is 2.39. The molecule has 0 aromatic carbocycles. The first-order valence-corrected chi connectivity index (χ1v) is 19.6. The third kappa shape index (κ3) is 18.9. The van der Waals surface area contributed by atoms with Gasteiger partial charge in [-0.3, -0.25) is 9.48 Å². The monoisotopic (exact) mass is 778 g/mol. The molecule has 3 aliphatic heterocycles. The van der Waals surface area contributed by atoms with E-state index in [1.54, 1.807) is 36.9 Å². The number of carboxylic acids is 1. The van der Waals surface area contributed by atoms with Crippen LogP contribution in [0.25, 0.3) is 0 Å². The number of aliphatic carboxylic acids is 1. The summed E-state index contributed by atoms with van der Waals surface area (Å²) in [7, 11) is 3.47. The normalized spacial score (nSPS) is 20.4. The zero-order chi connectivity index (χ0) is 42.0. The lowest BCUT2D eigenvalue weighted by Crippen LogP contribution is -2.50. The molecule has 1 aromatic rings. The standard InChI is InChI=1S/C22H34F3N5O3.C11H16.C5H8N2.2C2H6/c1-3-4-7-16(22(23,24)25)33-18-13-17(28-20(26)29(18)2)30-11-9-21(10-12-30)8-5-6-15(19(31)32)27-14-21;1-4-7-10-11(8-5-2)9-6-3;1-5-3-4-7(2)6-5;2*1-2/h3-4,13,15-16,18,27H,5-12,14H2,1-2H3,(H2,26,28)(H,31,32);5-10H,2,4H2,1,3H3;3-4H,1-2H3;2*1-2H3/b4-3-;9-6-,10-7+,11-8+;;;/t15-,16?,18?;;;;/m0..../s1. The molecule has 0 amide bonds. The average molecular weight is 778 g/mol. The maximum absolute atomic E-state index is 13.5. The maximum Gasteiger partial charge on any atom is 0.415 e. The Kier molecular flexibility index (Phi) is 25.4. The summed E-state index contributed by atoms with van der Waals surface area (Å²) in [5, 5.41) is 16.5. The van der Waals surface area contributed by atoms with Crippen LogP contribution in [0.5, 0.6) is 0 Å². The van der Waals surface area contributed by atoms with Crippen LogP contribution in [0, 0.1) is 12.3 Å². The van der Waals surface area contributed by atoms with Gasteiger partial charge in [0, 0.05) is 52.4 Å². The summed E-state index contributed by atoms with van der Waals surface area (Å²) in [5.74, 6) is -0.198. The Bertz CT molecular complexity index is 1400. The van der Waals surface area contributed by atoms with E-state index in [2.05, 4.69) is 47.1 Å². The molecular formula is C42H70F3N7O3.